The first-order valence-corrected chi connectivity index (χ1v) is 8.65. The molecule has 2 amide bonds. The van der Waals surface area contributed by atoms with Crippen molar-refractivity contribution in [3.63, 3.8) is 0 Å². The molecule has 2 aliphatic heterocycles. The van der Waals surface area contributed by atoms with Crippen molar-refractivity contribution in [1.82, 2.24) is 15.0 Å². The third-order valence-corrected chi connectivity index (χ3v) is 5.00. The van der Waals surface area contributed by atoms with Gasteiger partial charge in [0.25, 0.3) is 0 Å². The standard InChI is InChI=1S/C18H21N3O4/c1-12-8-16(25-19-12)15-5-2-6-21(15)18(23)13-9-17(22)20(10-13)11-14-4-3-7-24-14/h3-4,7-8,13,15H,2,5-6,9-11H2,1H3/t13-,15-/m0/s1. The molecule has 7 heteroatoms. The second-order valence-corrected chi connectivity index (χ2v) is 6.81. The van der Waals surface area contributed by atoms with Crippen LogP contribution in [0.3, 0.4) is 0 Å². The van der Waals surface area contributed by atoms with Gasteiger partial charge in [-0.25, -0.2) is 0 Å². The van der Waals surface area contributed by atoms with Gasteiger partial charge in [0, 0.05) is 25.6 Å². The lowest BCUT2D eigenvalue weighted by atomic mass is 10.1. The van der Waals surface area contributed by atoms with Crippen LogP contribution in [-0.4, -0.2) is 39.9 Å². The Morgan fingerprint density at radius 1 is 1.44 bits per heavy atom. The molecule has 2 atom stereocenters. The summed E-state index contributed by atoms with van der Waals surface area (Å²) in [6, 6.07) is 5.46. The van der Waals surface area contributed by atoms with E-state index in [9.17, 15) is 9.59 Å². The zero-order valence-corrected chi connectivity index (χ0v) is 14.2. The van der Waals surface area contributed by atoms with Crippen LogP contribution in [0.4, 0.5) is 0 Å². The van der Waals surface area contributed by atoms with E-state index in [1.54, 1.807) is 17.2 Å². The van der Waals surface area contributed by atoms with Crippen molar-refractivity contribution in [1.29, 1.82) is 0 Å². The third kappa shape index (κ3) is 3.06. The van der Waals surface area contributed by atoms with Gasteiger partial charge in [-0.3, -0.25) is 9.59 Å². The molecule has 0 unspecified atom stereocenters. The highest BCUT2D eigenvalue weighted by molar-refractivity contribution is 5.89. The summed E-state index contributed by atoms with van der Waals surface area (Å²) >= 11 is 0. The number of carbonyl (C=O) groups is 2. The summed E-state index contributed by atoms with van der Waals surface area (Å²) < 4.78 is 10.7. The number of nitrogens with zero attached hydrogens (tertiary/aromatic N) is 3. The van der Waals surface area contributed by atoms with E-state index >= 15 is 0 Å². The summed E-state index contributed by atoms with van der Waals surface area (Å²) in [5, 5.41) is 3.93. The molecule has 4 rings (SSSR count). The third-order valence-electron chi connectivity index (χ3n) is 5.00. The highest BCUT2D eigenvalue weighted by Gasteiger charge is 2.41. The highest BCUT2D eigenvalue weighted by atomic mass is 16.5. The predicted octanol–water partition coefficient (Wildman–Crippen LogP) is 2.29. The number of amides is 2. The minimum atomic E-state index is -0.299. The first kappa shape index (κ1) is 15.9. The molecule has 132 valence electrons. The molecular formula is C18H21N3O4. The van der Waals surface area contributed by atoms with Crippen molar-refractivity contribution in [2.45, 2.75) is 38.8 Å². The normalized spacial score (nSPS) is 23.6. The summed E-state index contributed by atoms with van der Waals surface area (Å²) in [6.07, 6.45) is 3.66. The van der Waals surface area contributed by atoms with E-state index in [2.05, 4.69) is 5.16 Å². The topological polar surface area (TPSA) is 79.8 Å². The Morgan fingerprint density at radius 3 is 3.04 bits per heavy atom. The molecule has 2 aromatic rings. The van der Waals surface area contributed by atoms with Gasteiger partial charge in [0.2, 0.25) is 11.8 Å². The molecule has 25 heavy (non-hydrogen) atoms. The van der Waals surface area contributed by atoms with E-state index < -0.39 is 0 Å². The van der Waals surface area contributed by atoms with E-state index in [1.807, 2.05) is 24.0 Å². The number of hydrogen-bond donors (Lipinski definition) is 0. The Bertz CT molecular complexity index is 767. The molecule has 0 N–H and O–H groups in total. The lowest BCUT2D eigenvalue weighted by molar-refractivity contribution is -0.137. The molecule has 0 spiro atoms. The van der Waals surface area contributed by atoms with Gasteiger partial charge in [0.15, 0.2) is 5.76 Å². The minimum Gasteiger partial charge on any atom is -0.467 e. The summed E-state index contributed by atoms with van der Waals surface area (Å²) in [5.74, 6) is 1.21. The number of carbonyl (C=O) groups excluding carboxylic acids is 2. The van der Waals surface area contributed by atoms with Gasteiger partial charge in [-0.05, 0) is 31.9 Å². The van der Waals surface area contributed by atoms with Crippen LogP contribution in [0.15, 0.2) is 33.4 Å². The van der Waals surface area contributed by atoms with Crippen molar-refractivity contribution in [3.8, 4) is 0 Å². The first-order chi connectivity index (χ1) is 12.1. The fraction of sp³-hybridized carbons (Fsp3) is 0.500. The maximum atomic E-state index is 13.0. The molecule has 0 aromatic carbocycles. The second-order valence-electron chi connectivity index (χ2n) is 6.81. The summed E-state index contributed by atoms with van der Waals surface area (Å²) in [7, 11) is 0. The molecule has 2 aliphatic rings. The van der Waals surface area contributed by atoms with Crippen LogP contribution in [0.5, 0.6) is 0 Å². The van der Waals surface area contributed by atoms with Crippen molar-refractivity contribution >= 4 is 11.8 Å². The Kier molecular flexibility index (Phi) is 4.07. The monoisotopic (exact) mass is 343 g/mol. The van der Waals surface area contributed by atoms with Crippen molar-refractivity contribution in [3.05, 3.63) is 41.7 Å². The van der Waals surface area contributed by atoms with Crippen LogP contribution in [0, 0.1) is 12.8 Å². The van der Waals surface area contributed by atoms with Gasteiger partial charge < -0.3 is 18.7 Å². The Hall–Kier alpha value is -2.57. The molecule has 4 heterocycles. The minimum absolute atomic E-state index is 0.000932. The molecule has 2 saturated heterocycles. The molecular weight excluding hydrogens is 322 g/mol. The van der Waals surface area contributed by atoms with Crippen LogP contribution in [0.25, 0.3) is 0 Å². The van der Waals surface area contributed by atoms with E-state index in [0.29, 0.717) is 19.6 Å². The Balaban J connectivity index is 1.44. The SMILES string of the molecule is Cc1cc([C@@H]2CCCN2C(=O)[C@H]2CC(=O)N(Cc3ccco3)C2)on1. The number of aromatic nitrogens is 1. The van der Waals surface area contributed by atoms with E-state index in [4.69, 9.17) is 8.94 Å². The fourth-order valence-electron chi connectivity index (χ4n) is 3.78. The first-order valence-electron chi connectivity index (χ1n) is 8.65. The average Bonchev–Trinajstić information content (AvgIpc) is 3.35. The van der Waals surface area contributed by atoms with Gasteiger partial charge >= 0.3 is 0 Å². The van der Waals surface area contributed by atoms with Gasteiger partial charge in [-0.1, -0.05) is 5.16 Å². The largest absolute Gasteiger partial charge is 0.467 e. The molecule has 2 aromatic heterocycles. The molecule has 2 fully saturated rings. The zero-order valence-electron chi connectivity index (χ0n) is 14.2. The van der Waals surface area contributed by atoms with Crippen molar-refractivity contribution in [2.24, 2.45) is 5.92 Å². The van der Waals surface area contributed by atoms with Crippen LogP contribution in [-0.2, 0) is 16.1 Å². The van der Waals surface area contributed by atoms with Crippen LogP contribution in [0.1, 0.15) is 42.5 Å². The van der Waals surface area contributed by atoms with Crippen LogP contribution < -0.4 is 0 Å². The zero-order chi connectivity index (χ0) is 17.4. The number of furan rings is 1. The van der Waals surface area contributed by atoms with E-state index in [0.717, 1.165) is 30.1 Å². The lowest BCUT2D eigenvalue weighted by Crippen LogP contribution is -2.37. The van der Waals surface area contributed by atoms with Crippen molar-refractivity contribution < 1.29 is 18.5 Å². The van der Waals surface area contributed by atoms with Crippen LogP contribution in [0.2, 0.25) is 0 Å². The van der Waals surface area contributed by atoms with E-state index in [-0.39, 0.29) is 30.2 Å². The molecule has 7 nitrogen and oxygen atoms in total. The second kappa shape index (κ2) is 6.38. The maximum absolute atomic E-state index is 13.0. The van der Waals surface area contributed by atoms with Crippen LogP contribution >= 0.6 is 0 Å². The molecule has 0 bridgehead atoms. The summed E-state index contributed by atoms with van der Waals surface area (Å²) in [6.45, 7) is 3.43. The van der Waals surface area contributed by atoms with Gasteiger partial charge in [0.1, 0.15) is 5.76 Å². The predicted molar refractivity (Wildman–Crippen MR) is 87.2 cm³/mol. The average molecular weight is 343 g/mol. The molecule has 0 saturated carbocycles. The lowest BCUT2D eigenvalue weighted by Gasteiger charge is -2.25. The Morgan fingerprint density at radius 2 is 2.32 bits per heavy atom. The van der Waals surface area contributed by atoms with Gasteiger partial charge in [-0.15, -0.1) is 0 Å². The number of aryl methyl sites for hydroxylation is 1. The van der Waals surface area contributed by atoms with Gasteiger partial charge in [0.05, 0.1) is 30.5 Å². The maximum Gasteiger partial charge on any atom is 0.228 e. The van der Waals surface area contributed by atoms with Gasteiger partial charge in [-0.2, -0.15) is 0 Å². The van der Waals surface area contributed by atoms with Crippen molar-refractivity contribution in [2.75, 3.05) is 13.1 Å². The highest BCUT2D eigenvalue weighted by Crippen LogP contribution is 2.35. The quantitative estimate of drug-likeness (QED) is 0.851. The van der Waals surface area contributed by atoms with E-state index in [1.165, 1.54) is 0 Å². The fourth-order valence-corrected chi connectivity index (χ4v) is 3.78. The summed E-state index contributed by atoms with van der Waals surface area (Å²) in [4.78, 5) is 28.8. The summed E-state index contributed by atoms with van der Waals surface area (Å²) in [5.41, 5.74) is 0.815. The smallest absolute Gasteiger partial charge is 0.228 e. The number of hydrogen-bond acceptors (Lipinski definition) is 5. The molecule has 0 aliphatic carbocycles. The molecule has 0 radical (unpaired) electrons. The number of likely N-dealkylation sites (tertiary alicyclic amines) is 2. The number of rotatable bonds is 4. The Labute approximate surface area is 145 Å².